The second-order valence-electron chi connectivity index (χ2n) is 8.19. The Kier molecular flexibility index (Phi) is 6.99. The van der Waals surface area contributed by atoms with Gasteiger partial charge in [0.1, 0.15) is 0 Å². The highest BCUT2D eigenvalue weighted by atomic mass is 16.6. The summed E-state index contributed by atoms with van der Waals surface area (Å²) in [5.41, 5.74) is 6.56. The van der Waals surface area contributed by atoms with E-state index in [4.69, 9.17) is 4.84 Å². The summed E-state index contributed by atoms with van der Waals surface area (Å²) in [7, 11) is 0. The zero-order valence-electron chi connectivity index (χ0n) is 16.7. The van der Waals surface area contributed by atoms with Crippen LogP contribution in [0, 0.1) is 11.3 Å². The van der Waals surface area contributed by atoms with Crippen LogP contribution in [0.15, 0.2) is 35.1 Å². The van der Waals surface area contributed by atoms with Crippen LogP contribution >= 0.6 is 0 Å². The van der Waals surface area contributed by atoms with Gasteiger partial charge in [0.2, 0.25) is 0 Å². The maximum absolute atomic E-state index is 12.9. The normalized spacial score (nSPS) is 23.2. The van der Waals surface area contributed by atoms with Crippen LogP contribution in [-0.4, -0.2) is 18.2 Å². The molecule has 2 aliphatic rings. The smallest absolute Gasteiger partial charge is 0.168 e. The maximum atomic E-state index is 12.9. The van der Waals surface area contributed by atoms with Crippen LogP contribution in [0.5, 0.6) is 0 Å². The van der Waals surface area contributed by atoms with Crippen LogP contribution in [0.1, 0.15) is 72.6 Å². The largest absolute Gasteiger partial charge is 0.294 e. The molecule has 0 aromatic carbocycles. The van der Waals surface area contributed by atoms with Crippen LogP contribution in [0.4, 0.5) is 0 Å². The lowest BCUT2D eigenvalue weighted by Gasteiger charge is -2.40. The van der Waals surface area contributed by atoms with Crippen LogP contribution in [0.3, 0.4) is 0 Å². The first-order valence-corrected chi connectivity index (χ1v) is 9.80. The Hall–Kier alpha value is -1.68. The van der Waals surface area contributed by atoms with Crippen molar-refractivity contribution in [3.63, 3.8) is 0 Å². The van der Waals surface area contributed by atoms with Gasteiger partial charge in [-0.1, -0.05) is 44.4 Å². The minimum atomic E-state index is -0.0499. The van der Waals surface area contributed by atoms with E-state index in [0.29, 0.717) is 37.1 Å². The zero-order chi connectivity index (χ0) is 19.3. The van der Waals surface area contributed by atoms with E-state index in [1.165, 1.54) is 17.6 Å². The number of hydroxylamine groups is 1. The number of ketones is 2. The van der Waals surface area contributed by atoms with Crippen molar-refractivity contribution in [2.24, 2.45) is 11.3 Å². The van der Waals surface area contributed by atoms with E-state index >= 15 is 0 Å². The third-order valence-corrected chi connectivity index (χ3v) is 5.57. The summed E-state index contributed by atoms with van der Waals surface area (Å²) in [6, 6.07) is 0. The molecule has 4 nitrogen and oxygen atoms in total. The molecule has 0 aliphatic heterocycles. The Morgan fingerprint density at radius 2 is 1.96 bits per heavy atom. The molecule has 0 unspecified atom stereocenters. The quantitative estimate of drug-likeness (QED) is 0.233. The van der Waals surface area contributed by atoms with Gasteiger partial charge in [-0.05, 0) is 43.9 Å². The highest BCUT2D eigenvalue weighted by molar-refractivity contribution is 6.22. The summed E-state index contributed by atoms with van der Waals surface area (Å²) in [5.74, 6) is -0.0526. The van der Waals surface area contributed by atoms with Crippen LogP contribution in [0.25, 0.3) is 0 Å². The molecular formula is C22H33NO3. The molecule has 4 heteroatoms. The minimum Gasteiger partial charge on any atom is -0.294 e. The van der Waals surface area contributed by atoms with E-state index in [9.17, 15) is 9.59 Å². The number of carbonyl (C=O) groups is 2. The molecule has 0 spiro atoms. The van der Waals surface area contributed by atoms with Crippen molar-refractivity contribution in [2.75, 3.05) is 6.61 Å². The summed E-state index contributed by atoms with van der Waals surface area (Å²) < 4.78 is 0. The molecule has 0 atom stereocenters. The molecule has 1 N–H and O–H groups in total. The monoisotopic (exact) mass is 359 g/mol. The number of allylic oxidation sites excluding steroid dienone is 4. The van der Waals surface area contributed by atoms with Gasteiger partial charge in [0.05, 0.1) is 17.9 Å². The molecule has 2 rings (SSSR count). The van der Waals surface area contributed by atoms with Gasteiger partial charge >= 0.3 is 0 Å². The molecule has 0 saturated heterocycles. The Bertz CT molecular complexity index is 620. The number of hydrogen-bond acceptors (Lipinski definition) is 4. The third kappa shape index (κ3) is 4.53. The molecule has 0 amide bonds. The second kappa shape index (κ2) is 8.81. The summed E-state index contributed by atoms with van der Waals surface area (Å²) in [6.45, 7) is 12.6. The van der Waals surface area contributed by atoms with Gasteiger partial charge in [-0.2, -0.15) is 0 Å². The van der Waals surface area contributed by atoms with Crippen molar-refractivity contribution in [3.8, 4) is 0 Å². The van der Waals surface area contributed by atoms with E-state index in [2.05, 4.69) is 32.8 Å². The van der Waals surface area contributed by atoms with Gasteiger partial charge in [0, 0.05) is 12.8 Å². The summed E-state index contributed by atoms with van der Waals surface area (Å²) >= 11 is 0. The fourth-order valence-corrected chi connectivity index (χ4v) is 4.63. The van der Waals surface area contributed by atoms with Crippen LogP contribution in [0.2, 0.25) is 0 Å². The predicted molar refractivity (Wildman–Crippen MR) is 104 cm³/mol. The molecule has 0 aromatic rings. The summed E-state index contributed by atoms with van der Waals surface area (Å²) in [5, 5.41) is 0. The molecule has 144 valence electrons. The standard InChI is InChI=1S/C22H33NO3/c1-6-9-17(23-26-12-7-2)20-18(24)13-16(14-19(20)25)21-15(3)10-8-11-22(21,4)5/h7,16,23H,2,6,8-14H2,1,3-5H3. The van der Waals surface area contributed by atoms with E-state index in [1.54, 1.807) is 6.08 Å². The molecular weight excluding hydrogens is 326 g/mol. The lowest BCUT2D eigenvalue weighted by molar-refractivity contribution is -0.125. The van der Waals surface area contributed by atoms with Gasteiger partial charge in [0.25, 0.3) is 0 Å². The van der Waals surface area contributed by atoms with Gasteiger partial charge in [-0.25, -0.2) is 0 Å². The number of nitrogens with one attached hydrogen (secondary N) is 1. The molecule has 0 bridgehead atoms. The Labute approximate surface area is 157 Å². The third-order valence-electron chi connectivity index (χ3n) is 5.57. The lowest BCUT2D eigenvalue weighted by atomic mass is 9.64. The summed E-state index contributed by atoms with van der Waals surface area (Å²) in [4.78, 5) is 31.1. The predicted octanol–water partition coefficient (Wildman–Crippen LogP) is 4.82. The number of Topliss-reactive ketones (excluding diaryl/α,β-unsaturated/α-hetero) is 2. The Morgan fingerprint density at radius 3 is 2.50 bits per heavy atom. The Morgan fingerprint density at radius 1 is 1.31 bits per heavy atom. The van der Waals surface area contributed by atoms with E-state index in [0.717, 1.165) is 19.3 Å². The SMILES string of the molecule is C=CCONC(CCC)=C1C(=O)CC(C2=C(C)CCCC2(C)C)CC1=O. The van der Waals surface area contributed by atoms with Crippen LogP contribution < -0.4 is 5.48 Å². The highest BCUT2D eigenvalue weighted by Gasteiger charge is 2.40. The minimum absolute atomic E-state index is 0.0472. The first-order valence-electron chi connectivity index (χ1n) is 9.80. The first kappa shape index (κ1) is 20.6. The van der Waals surface area contributed by atoms with Gasteiger partial charge < -0.3 is 0 Å². The van der Waals surface area contributed by atoms with Gasteiger partial charge in [-0.15, -0.1) is 6.58 Å². The number of carbonyl (C=O) groups excluding carboxylic acids is 2. The second-order valence-corrected chi connectivity index (χ2v) is 8.19. The van der Waals surface area contributed by atoms with Crippen molar-refractivity contribution in [1.82, 2.24) is 5.48 Å². The van der Waals surface area contributed by atoms with Crippen molar-refractivity contribution < 1.29 is 14.4 Å². The maximum Gasteiger partial charge on any atom is 0.168 e. The first-order chi connectivity index (χ1) is 12.3. The fraction of sp³-hybridized carbons (Fsp3) is 0.636. The average Bonchev–Trinajstić information content (AvgIpc) is 2.53. The fourth-order valence-electron chi connectivity index (χ4n) is 4.63. The van der Waals surface area contributed by atoms with E-state index in [1.807, 2.05) is 6.92 Å². The highest BCUT2D eigenvalue weighted by Crippen LogP contribution is 2.47. The van der Waals surface area contributed by atoms with Crippen molar-refractivity contribution in [1.29, 1.82) is 0 Å². The molecule has 1 fully saturated rings. The average molecular weight is 360 g/mol. The van der Waals surface area contributed by atoms with Crippen molar-refractivity contribution in [2.45, 2.75) is 72.6 Å². The zero-order valence-corrected chi connectivity index (χ0v) is 16.7. The summed E-state index contributed by atoms with van der Waals surface area (Å²) in [6.07, 6.45) is 7.33. The molecule has 1 saturated carbocycles. The van der Waals surface area contributed by atoms with Crippen LogP contribution in [-0.2, 0) is 14.4 Å². The number of hydrogen-bond donors (Lipinski definition) is 1. The van der Waals surface area contributed by atoms with Gasteiger partial charge in [-0.3, -0.25) is 19.9 Å². The number of rotatable bonds is 7. The topological polar surface area (TPSA) is 55.4 Å². The Balaban J connectivity index is 2.28. The molecule has 0 aromatic heterocycles. The van der Waals surface area contributed by atoms with E-state index in [-0.39, 0.29) is 22.9 Å². The molecule has 26 heavy (non-hydrogen) atoms. The molecule has 2 aliphatic carbocycles. The van der Waals surface area contributed by atoms with Crippen molar-refractivity contribution >= 4 is 11.6 Å². The molecule has 0 heterocycles. The lowest BCUT2D eigenvalue weighted by Crippen LogP contribution is -2.35. The van der Waals surface area contributed by atoms with E-state index < -0.39 is 0 Å². The molecule has 0 radical (unpaired) electrons. The van der Waals surface area contributed by atoms with Gasteiger partial charge in [0.15, 0.2) is 11.6 Å². The van der Waals surface area contributed by atoms with Crippen molar-refractivity contribution in [3.05, 3.63) is 35.1 Å².